The van der Waals surface area contributed by atoms with Crippen molar-refractivity contribution in [3.05, 3.63) is 65.4 Å². The zero-order valence-electron chi connectivity index (χ0n) is 15.0. The van der Waals surface area contributed by atoms with Gasteiger partial charge in [-0.05, 0) is 36.4 Å². The first-order valence-corrected chi connectivity index (χ1v) is 9.62. The molecule has 0 aliphatic rings. The van der Waals surface area contributed by atoms with Gasteiger partial charge in [0.15, 0.2) is 11.0 Å². The monoisotopic (exact) mass is 402 g/mol. The molecule has 0 fully saturated rings. The molecule has 0 aliphatic carbocycles. The van der Waals surface area contributed by atoms with Gasteiger partial charge in [-0.15, -0.1) is 10.2 Å². The predicted molar refractivity (Wildman–Crippen MR) is 107 cm³/mol. The van der Waals surface area contributed by atoms with Crippen molar-refractivity contribution < 1.29 is 9.53 Å². The number of amides is 1. The summed E-state index contributed by atoms with van der Waals surface area (Å²) in [7, 11) is 3.62. The van der Waals surface area contributed by atoms with Gasteiger partial charge in [-0.25, -0.2) is 0 Å². The van der Waals surface area contributed by atoms with Gasteiger partial charge in [0.1, 0.15) is 12.4 Å². The molecule has 0 unspecified atom stereocenters. The number of rotatable bonds is 7. The smallest absolute Gasteiger partial charge is 0.237 e. The van der Waals surface area contributed by atoms with E-state index >= 15 is 0 Å². The highest BCUT2D eigenvalue weighted by atomic mass is 35.5. The Morgan fingerprint density at radius 1 is 1.15 bits per heavy atom. The third-order valence-electron chi connectivity index (χ3n) is 3.95. The number of anilines is 1. The lowest BCUT2D eigenvalue weighted by Gasteiger charge is -2.16. The van der Waals surface area contributed by atoms with Crippen LogP contribution in [0.3, 0.4) is 0 Å². The van der Waals surface area contributed by atoms with Crippen LogP contribution in [-0.4, -0.2) is 33.5 Å². The topological polar surface area (TPSA) is 60.3 Å². The highest BCUT2D eigenvalue weighted by molar-refractivity contribution is 7.99. The van der Waals surface area contributed by atoms with E-state index < -0.39 is 0 Å². The van der Waals surface area contributed by atoms with E-state index in [1.54, 1.807) is 36.2 Å². The first-order chi connectivity index (χ1) is 13.0. The Balaban J connectivity index is 1.55. The number of hydrogen-bond acceptors (Lipinski definition) is 5. The van der Waals surface area contributed by atoms with Crippen LogP contribution in [0.4, 0.5) is 5.69 Å². The number of carbonyl (C=O) groups is 1. The van der Waals surface area contributed by atoms with Gasteiger partial charge >= 0.3 is 0 Å². The van der Waals surface area contributed by atoms with Crippen molar-refractivity contribution in [2.24, 2.45) is 7.05 Å². The summed E-state index contributed by atoms with van der Waals surface area (Å²) in [5.41, 5.74) is 0.859. The van der Waals surface area contributed by atoms with Crippen LogP contribution in [0.25, 0.3) is 0 Å². The van der Waals surface area contributed by atoms with Gasteiger partial charge < -0.3 is 14.2 Å². The quantitative estimate of drug-likeness (QED) is 0.562. The summed E-state index contributed by atoms with van der Waals surface area (Å²) >= 11 is 7.21. The Labute approximate surface area is 167 Å². The van der Waals surface area contributed by atoms with Gasteiger partial charge in [-0.3, -0.25) is 4.79 Å². The molecule has 6 nitrogen and oxygen atoms in total. The second-order valence-electron chi connectivity index (χ2n) is 5.78. The molecule has 0 atom stereocenters. The van der Waals surface area contributed by atoms with Gasteiger partial charge in [0.2, 0.25) is 5.91 Å². The van der Waals surface area contributed by atoms with Crippen LogP contribution < -0.4 is 9.64 Å². The normalized spacial score (nSPS) is 10.6. The van der Waals surface area contributed by atoms with E-state index in [0.717, 1.165) is 5.69 Å². The number of hydrogen-bond donors (Lipinski definition) is 0. The van der Waals surface area contributed by atoms with Crippen LogP contribution in [0.15, 0.2) is 59.8 Å². The second kappa shape index (κ2) is 8.92. The third-order valence-corrected chi connectivity index (χ3v) is 5.21. The fraction of sp³-hybridized carbons (Fsp3) is 0.211. The van der Waals surface area contributed by atoms with Crippen molar-refractivity contribution in [3.63, 3.8) is 0 Å². The molecule has 1 heterocycles. The maximum Gasteiger partial charge on any atom is 0.237 e. The molecule has 0 radical (unpaired) electrons. The van der Waals surface area contributed by atoms with Crippen molar-refractivity contribution in [2.75, 3.05) is 17.7 Å². The minimum Gasteiger partial charge on any atom is -0.486 e. The van der Waals surface area contributed by atoms with Gasteiger partial charge in [-0.1, -0.05) is 41.6 Å². The standard InChI is InChI=1S/C19H19ClN4O2S/c1-23(15-6-4-3-5-7-15)18(25)13-27-19-22-21-17(24(19)2)12-26-16-10-8-14(20)9-11-16/h3-11H,12-13H2,1-2H3. The van der Waals surface area contributed by atoms with Gasteiger partial charge in [0, 0.05) is 24.8 Å². The van der Waals surface area contributed by atoms with Crippen molar-refractivity contribution in [1.82, 2.24) is 14.8 Å². The summed E-state index contributed by atoms with van der Waals surface area (Å²) in [5, 5.41) is 9.62. The zero-order valence-corrected chi connectivity index (χ0v) is 16.6. The lowest BCUT2D eigenvalue weighted by Crippen LogP contribution is -2.27. The third kappa shape index (κ3) is 5.02. The summed E-state index contributed by atoms with van der Waals surface area (Å²) in [5.74, 6) is 1.65. The number of ether oxygens (including phenoxy) is 1. The number of nitrogens with zero attached hydrogens (tertiary/aromatic N) is 4. The largest absolute Gasteiger partial charge is 0.486 e. The summed E-state index contributed by atoms with van der Waals surface area (Å²) in [6.45, 7) is 0.281. The molecular formula is C19H19ClN4O2S. The summed E-state index contributed by atoms with van der Waals surface area (Å²) in [6.07, 6.45) is 0. The molecule has 0 spiro atoms. The molecule has 3 aromatic rings. The van der Waals surface area contributed by atoms with Crippen LogP contribution >= 0.6 is 23.4 Å². The van der Waals surface area contributed by atoms with Crippen LogP contribution in [-0.2, 0) is 18.4 Å². The summed E-state index contributed by atoms with van der Waals surface area (Å²) in [6, 6.07) is 16.7. The highest BCUT2D eigenvalue weighted by Gasteiger charge is 2.15. The van der Waals surface area contributed by atoms with Crippen molar-refractivity contribution in [1.29, 1.82) is 0 Å². The van der Waals surface area contributed by atoms with Crippen molar-refractivity contribution >= 4 is 35.0 Å². The average Bonchev–Trinajstić information content (AvgIpc) is 3.05. The highest BCUT2D eigenvalue weighted by Crippen LogP contribution is 2.20. The van der Waals surface area contributed by atoms with E-state index in [4.69, 9.17) is 16.3 Å². The number of halogens is 1. The molecule has 0 aliphatic heterocycles. The fourth-order valence-corrected chi connectivity index (χ4v) is 3.26. The van der Waals surface area contributed by atoms with Gasteiger partial charge in [-0.2, -0.15) is 0 Å². The molecule has 140 valence electrons. The Morgan fingerprint density at radius 2 is 1.85 bits per heavy atom. The van der Waals surface area contributed by atoms with Crippen LogP contribution in [0.1, 0.15) is 5.82 Å². The van der Waals surface area contributed by atoms with E-state index in [-0.39, 0.29) is 18.3 Å². The Bertz CT molecular complexity index is 900. The molecule has 0 saturated carbocycles. The summed E-state index contributed by atoms with van der Waals surface area (Å²) < 4.78 is 7.53. The molecule has 0 saturated heterocycles. The van der Waals surface area contributed by atoms with Gasteiger partial charge in [0.05, 0.1) is 5.75 Å². The van der Waals surface area contributed by atoms with E-state index in [2.05, 4.69) is 10.2 Å². The van der Waals surface area contributed by atoms with Crippen LogP contribution in [0.5, 0.6) is 5.75 Å². The van der Waals surface area contributed by atoms with Gasteiger partial charge in [0.25, 0.3) is 0 Å². The Kier molecular flexibility index (Phi) is 6.36. The predicted octanol–water partition coefficient (Wildman–Crippen LogP) is 3.80. The minimum atomic E-state index is -0.00633. The number of carbonyl (C=O) groups excluding carboxylic acids is 1. The SMILES string of the molecule is CN(C(=O)CSc1nnc(COc2ccc(Cl)cc2)n1C)c1ccccc1. The first kappa shape index (κ1) is 19.3. The minimum absolute atomic E-state index is 0.00633. The molecule has 1 aromatic heterocycles. The van der Waals surface area contributed by atoms with Crippen molar-refractivity contribution in [3.8, 4) is 5.75 Å². The van der Waals surface area contributed by atoms with E-state index in [1.807, 2.05) is 41.9 Å². The zero-order chi connectivity index (χ0) is 19.2. The van der Waals surface area contributed by atoms with E-state index in [0.29, 0.717) is 21.8 Å². The number of benzene rings is 2. The average molecular weight is 403 g/mol. The fourth-order valence-electron chi connectivity index (χ4n) is 2.29. The number of para-hydroxylation sites is 1. The van der Waals surface area contributed by atoms with E-state index in [1.165, 1.54) is 11.8 Å². The Hall–Kier alpha value is -2.51. The molecule has 0 N–H and O–H groups in total. The number of thioether (sulfide) groups is 1. The molecular weight excluding hydrogens is 384 g/mol. The lowest BCUT2D eigenvalue weighted by atomic mass is 10.3. The molecule has 0 bridgehead atoms. The molecule has 1 amide bonds. The van der Waals surface area contributed by atoms with Crippen molar-refractivity contribution in [2.45, 2.75) is 11.8 Å². The molecule has 3 rings (SSSR count). The Morgan fingerprint density at radius 3 is 2.56 bits per heavy atom. The van der Waals surface area contributed by atoms with Crippen LogP contribution in [0, 0.1) is 0 Å². The molecule has 27 heavy (non-hydrogen) atoms. The lowest BCUT2D eigenvalue weighted by molar-refractivity contribution is -0.115. The molecule has 2 aromatic carbocycles. The maximum absolute atomic E-state index is 12.4. The second-order valence-corrected chi connectivity index (χ2v) is 7.16. The summed E-state index contributed by atoms with van der Waals surface area (Å²) in [4.78, 5) is 14.0. The number of aromatic nitrogens is 3. The van der Waals surface area contributed by atoms with E-state index in [9.17, 15) is 4.79 Å². The molecule has 8 heteroatoms. The first-order valence-electron chi connectivity index (χ1n) is 8.25. The van der Waals surface area contributed by atoms with Crippen LogP contribution in [0.2, 0.25) is 5.02 Å². The maximum atomic E-state index is 12.4.